The lowest BCUT2D eigenvalue weighted by atomic mass is 9.98. The number of benzene rings is 2. The molecule has 112 valence electrons. The van der Waals surface area contributed by atoms with Crippen molar-refractivity contribution in [2.45, 2.75) is 25.6 Å². The van der Waals surface area contributed by atoms with Crippen molar-refractivity contribution in [1.82, 2.24) is 5.43 Å². The fourth-order valence-electron chi connectivity index (χ4n) is 2.14. The van der Waals surface area contributed by atoms with Gasteiger partial charge in [0.15, 0.2) is 0 Å². The Morgan fingerprint density at radius 3 is 2.05 bits per heavy atom. The fourth-order valence-corrected chi connectivity index (χ4v) is 2.14. The zero-order valence-electron chi connectivity index (χ0n) is 11.6. The van der Waals surface area contributed by atoms with E-state index < -0.39 is 11.7 Å². The van der Waals surface area contributed by atoms with Gasteiger partial charge in [-0.1, -0.05) is 42.0 Å². The van der Waals surface area contributed by atoms with Gasteiger partial charge in [0.25, 0.3) is 0 Å². The van der Waals surface area contributed by atoms with Gasteiger partial charge in [0.2, 0.25) is 0 Å². The molecule has 0 saturated carbocycles. The normalized spacial score (nSPS) is 13.2. The van der Waals surface area contributed by atoms with E-state index in [2.05, 4.69) is 5.43 Å². The summed E-state index contributed by atoms with van der Waals surface area (Å²) in [6, 6.07) is 12.8. The lowest BCUT2D eigenvalue weighted by Gasteiger charge is -2.17. The Kier molecular flexibility index (Phi) is 4.65. The molecule has 0 heterocycles. The van der Waals surface area contributed by atoms with E-state index in [0.29, 0.717) is 6.42 Å². The van der Waals surface area contributed by atoms with Gasteiger partial charge >= 0.3 is 6.18 Å². The van der Waals surface area contributed by atoms with Crippen molar-refractivity contribution < 1.29 is 13.2 Å². The lowest BCUT2D eigenvalue weighted by Crippen LogP contribution is -2.29. The highest BCUT2D eigenvalue weighted by atomic mass is 19.4. The monoisotopic (exact) mass is 294 g/mol. The van der Waals surface area contributed by atoms with Crippen molar-refractivity contribution >= 4 is 0 Å². The third-order valence-electron chi connectivity index (χ3n) is 3.40. The van der Waals surface area contributed by atoms with Gasteiger partial charge in [-0.2, -0.15) is 13.2 Å². The Morgan fingerprint density at radius 2 is 1.57 bits per heavy atom. The standard InChI is InChI=1S/C16H17F3N2/c1-11-2-4-12(5-3-11)10-15(21-20)13-6-8-14(9-7-13)16(17,18)19/h2-9,15,21H,10,20H2,1H3. The van der Waals surface area contributed by atoms with E-state index in [0.717, 1.165) is 28.8 Å². The van der Waals surface area contributed by atoms with E-state index in [1.54, 1.807) is 0 Å². The summed E-state index contributed by atoms with van der Waals surface area (Å²) in [6.07, 6.45) is -3.71. The molecule has 0 saturated heterocycles. The van der Waals surface area contributed by atoms with Gasteiger partial charge in [-0.25, -0.2) is 0 Å². The van der Waals surface area contributed by atoms with Crippen LogP contribution in [0.4, 0.5) is 13.2 Å². The Bertz CT molecular complexity index is 574. The fraction of sp³-hybridized carbons (Fsp3) is 0.250. The van der Waals surface area contributed by atoms with Gasteiger partial charge in [-0.15, -0.1) is 0 Å². The molecule has 2 aromatic carbocycles. The number of halogens is 3. The van der Waals surface area contributed by atoms with Crippen molar-refractivity contribution in [3.63, 3.8) is 0 Å². The van der Waals surface area contributed by atoms with E-state index in [-0.39, 0.29) is 6.04 Å². The second-order valence-electron chi connectivity index (χ2n) is 5.03. The summed E-state index contributed by atoms with van der Waals surface area (Å²) in [5, 5.41) is 0. The quantitative estimate of drug-likeness (QED) is 0.665. The molecule has 0 aliphatic heterocycles. The van der Waals surface area contributed by atoms with Gasteiger partial charge in [0.1, 0.15) is 0 Å². The lowest BCUT2D eigenvalue weighted by molar-refractivity contribution is -0.137. The highest BCUT2D eigenvalue weighted by molar-refractivity contribution is 5.29. The van der Waals surface area contributed by atoms with Crippen LogP contribution in [0.2, 0.25) is 0 Å². The Morgan fingerprint density at radius 1 is 1.00 bits per heavy atom. The third kappa shape index (κ3) is 4.06. The number of rotatable bonds is 4. The van der Waals surface area contributed by atoms with Crippen LogP contribution in [0.25, 0.3) is 0 Å². The Labute approximate surface area is 121 Å². The molecule has 0 amide bonds. The molecular formula is C16H17F3N2. The first-order chi connectivity index (χ1) is 9.90. The van der Waals surface area contributed by atoms with E-state index in [4.69, 9.17) is 5.84 Å². The molecule has 0 aliphatic rings. The number of nitrogens with two attached hydrogens (primary N) is 1. The molecule has 1 unspecified atom stereocenters. The highest BCUT2D eigenvalue weighted by Crippen LogP contribution is 2.30. The van der Waals surface area contributed by atoms with Crippen molar-refractivity contribution in [2.75, 3.05) is 0 Å². The number of hydrazine groups is 1. The van der Waals surface area contributed by atoms with Crippen LogP contribution in [0.1, 0.15) is 28.3 Å². The molecule has 21 heavy (non-hydrogen) atoms. The highest BCUT2D eigenvalue weighted by Gasteiger charge is 2.30. The summed E-state index contributed by atoms with van der Waals surface area (Å²) in [7, 11) is 0. The molecule has 1 atom stereocenters. The van der Waals surface area contributed by atoms with Gasteiger partial charge in [-0.05, 0) is 36.6 Å². The van der Waals surface area contributed by atoms with Crippen LogP contribution < -0.4 is 11.3 Å². The number of aryl methyl sites for hydroxylation is 1. The summed E-state index contributed by atoms with van der Waals surface area (Å²) >= 11 is 0. The van der Waals surface area contributed by atoms with Crippen molar-refractivity contribution in [2.24, 2.45) is 5.84 Å². The average Bonchev–Trinajstić information content (AvgIpc) is 2.46. The molecule has 2 nitrogen and oxygen atoms in total. The number of hydrogen-bond donors (Lipinski definition) is 2. The maximum Gasteiger partial charge on any atom is 0.416 e. The molecule has 0 bridgehead atoms. The minimum atomic E-state index is -4.32. The zero-order valence-corrected chi connectivity index (χ0v) is 11.6. The maximum atomic E-state index is 12.5. The molecule has 0 spiro atoms. The second kappa shape index (κ2) is 6.28. The smallest absolute Gasteiger partial charge is 0.271 e. The molecule has 3 N–H and O–H groups in total. The zero-order chi connectivity index (χ0) is 15.5. The van der Waals surface area contributed by atoms with Crippen molar-refractivity contribution in [1.29, 1.82) is 0 Å². The van der Waals surface area contributed by atoms with Crippen LogP contribution in [-0.4, -0.2) is 0 Å². The van der Waals surface area contributed by atoms with Crippen LogP contribution in [0.3, 0.4) is 0 Å². The molecular weight excluding hydrogens is 277 g/mol. The van der Waals surface area contributed by atoms with Gasteiger partial charge in [-0.3, -0.25) is 11.3 Å². The summed E-state index contributed by atoms with van der Waals surface area (Å²) in [5.41, 5.74) is 4.96. The van der Waals surface area contributed by atoms with Gasteiger partial charge < -0.3 is 0 Å². The molecule has 0 fully saturated rings. The summed E-state index contributed by atoms with van der Waals surface area (Å²) < 4.78 is 37.6. The second-order valence-corrected chi connectivity index (χ2v) is 5.03. The summed E-state index contributed by atoms with van der Waals surface area (Å²) in [5.74, 6) is 5.53. The predicted octanol–water partition coefficient (Wildman–Crippen LogP) is 3.76. The van der Waals surface area contributed by atoms with E-state index in [1.807, 2.05) is 31.2 Å². The van der Waals surface area contributed by atoms with E-state index >= 15 is 0 Å². The van der Waals surface area contributed by atoms with Crippen molar-refractivity contribution in [3.8, 4) is 0 Å². The molecule has 0 aromatic heterocycles. The molecule has 0 aliphatic carbocycles. The largest absolute Gasteiger partial charge is 0.416 e. The molecule has 5 heteroatoms. The van der Waals surface area contributed by atoms with E-state index in [9.17, 15) is 13.2 Å². The third-order valence-corrected chi connectivity index (χ3v) is 3.40. The SMILES string of the molecule is Cc1ccc(CC(NN)c2ccc(C(F)(F)F)cc2)cc1. The van der Waals surface area contributed by atoms with Crippen LogP contribution in [0.5, 0.6) is 0 Å². The van der Waals surface area contributed by atoms with Crippen LogP contribution >= 0.6 is 0 Å². The van der Waals surface area contributed by atoms with Crippen LogP contribution in [0, 0.1) is 6.92 Å². The first-order valence-corrected chi connectivity index (χ1v) is 6.59. The Balaban J connectivity index is 2.15. The number of hydrogen-bond acceptors (Lipinski definition) is 2. The van der Waals surface area contributed by atoms with Gasteiger partial charge in [0, 0.05) is 6.04 Å². The first-order valence-electron chi connectivity index (χ1n) is 6.59. The molecule has 2 rings (SSSR count). The molecule has 0 radical (unpaired) electrons. The summed E-state index contributed by atoms with van der Waals surface area (Å²) in [4.78, 5) is 0. The minimum Gasteiger partial charge on any atom is -0.271 e. The Hall–Kier alpha value is -1.85. The molecule has 2 aromatic rings. The van der Waals surface area contributed by atoms with Crippen LogP contribution in [0.15, 0.2) is 48.5 Å². The predicted molar refractivity (Wildman–Crippen MR) is 76.4 cm³/mol. The number of alkyl halides is 3. The average molecular weight is 294 g/mol. The van der Waals surface area contributed by atoms with Crippen molar-refractivity contribution in [3.05, 3.63) is 70.8 Å². The first kappa shape index (κ1) is 15.5. The maximum absolute atomic E-state index is 12.5. The summed E-state index contributed by atoms with van der Waals surface area (Å²) in [6.45, 7) is 2.00. The minimum absolute atomic E-state index is 0.227. The van der Waals surface area contributed by atoms with Crippen LogP contribution in [-0.2, 0) is 12.6 Å². The van der Waals surface area contributed by atoms with E-state index in [1.165, 1.54) is 12.1 Å². The van der Waals surface area contributed by atoms with Gasteiger partial charge in [0.05, 0.1) is 5.56 Å². The topological polar surface area (TPSA) is 38.0 Å². The number of nitrogens with one attached hydrogen (secondary N) is 1.